The highest BCUT2D eigenvalue weighted by atomic mass is 16.7. The summed E-state index contributed by atoms with van der Waals surface area (Å²) in [5.74, 6) is -0.0284. The van der Waals surface area contributed by atoms with Gasteiger partial charge in [-0.05, 0) is 32.4 Å². The Morgan fingerprint density at radius 1 is 1.27 bits per heavy atom. The van der Waals surface area contributed by atoms with Gasteiger partial charge >= 0.3 is 0 Å². The van der Waals surface area contributed by atoms with Crippen LogP contribution in [0.15, 0.2) is 18.2 Å². The van der Waals surface area contributed by atoms with Gasteiger partial charge in [-0.15, -0.1) is 0 Å². The average Bonchev–Trinajstić information content (AvgIpc) is 2.67. The lowest BCUT2D eigenvalue weighted by Crippen LogP contribution is -2.26. The molecular formula is C12H15NO2. The van der Waals surface area contributed by atoms with Crippen LogP contribution in [0.3, 0.4) is 0 Å². The molecule has 2 rings (SSSR count). The van der Waals surface area contributed by atoms with Crippen molar-refractivity contribution in [3.8, 4) is 0 Å². The molecule has 80 valence electrons. The number of nitrogens with zero attached hydrogens (tertiary/aromatic N) is 1. The molecule has 3 heteroatoms. The number of hydrogen-bond acceptors (Lipinski definition) is 2. The summed E-state index contributed by atoms with van der Waals surface area (Å²) in [7, 11) is 0. The minimum atomic E-state index is -0.0284. The van der Waals surface area contributed by atoms with E-state index in [1.54, 1.807) is 0 Å². The normalized spacial score (nSPS) is 15.7. The SMILES string of the molecule is Cc1cc(C)cc(C(=O)N2CCCO2)c1. The van der Waals surface area contributed by atoms with E-state index in [4.69, 9.17) is 4.84 Å². The molecule has 0 spiro atoms. The van der Waals surface area contributed by atoms with E-state index < -0.39 is 0 Å². The summed E-state index contributed by atoms with van der Waals surface area (Å²) < 4.78 is 0. The quantitative estimate of drug-likeness (QED) is 0.702. The third-order valence-corrected chi connectivity index (χ3v) is 2.45. The number of benzene rings is 1. The van der Waals surface area contributed by atoms with Crippen LogP contribution in [0.2, 0.25) is 0 Å². The zero-order chi connectivity index (χ0) is 10.8. The van der Waals surface area contributed by atoms with Crippen LogP contribution >= 0.6 is 0 Å². The fraction of sp³-hybridized carbons (Fsp3) is 0.417. The van der Waals surface area contributed by atoms with E-state index in [0.717, 1.165) is 23.1 Å². The second-order valence-corrected chi connectivity index (χ2v) is 3.97. The number of rotatable bonds is 1. The van der Waals surface area contributed by atoms with Crippen molar-refractivity contribution in [1.29, 1.82) is 0 Å². The fourth-order valence-corrected chi connectivity index (χ4v) is 1.85. The lowest BCUT2D eigenvalue weighted by atomic mass is 10.1. The van der Waals surface area contributed by atoms with Crippen molar-refractivity contribution in [3.05, 3.63) is 34.9 Å². The van der Waals surface area contributed by atoms with Crippen LogP contribution in [0.1, 0.15) is 27.9 Å². The van der Waals surface area contributed by atoms with Gasteiger partial charge in [0.15, 0.2) is 0 Å². The van der Waals surface area contributed by atoms with Gasteiger partial charge in [0.25, 0.3) is 5.91 Å². The Hall–Kier alpha value is -1.35. The van der Waals surface area contributed by atoms with Gasteiger partial charge in [-0.3, -0.25) is 9.63 Å². The highest BCUT2D eigenvalue weighted by molar-refractivity contribution is 5.94. The number of amides is 1. The van der Waals surface area contributed by atoms with Crippen LogP contribution in [-0.2, 0) is 4.84 Å². The van der Waals surface area contributed by atoms with E-state index in [2.05, 4.69) is 6.07 Å². The Kier molecular flexibility index (Phi) is 2.73. The van der Waals surface area contributed by atoms with Crippen molar-refractivity contribution in [2.45, 2.75) is 20.3 Å². The lowest BCUT2D eigenvalue weighted by molar-refractivity contribution is -0.0768. The Bertz CT molecular complexity index is 361. The maximum Gasteiger partial charge on any atom is 0.277 e. The Labute approximate surface area is 89.6 Å². The minimum absolute atomic E-state index is 0.0284. The Balaban J connectivity index is 2.24. The third-order valence-electron chi connectivity index (χ3n) is 2.45. The van der Waals surface area contributed by atoms with E-state index >= 15 is 0 Å². The van der Waals surface area contributed by atoms with Crippen LogP contribution in [0, 0.1) is 13.8 Å². The molecule has 1 aromatic carbocycles. The van der Waals surface area contributed by atoms with Gasteiger partial charge in [-0.25, -0.2) is 5.06 Å². The maximum atomic E-state index is 12.0. The van der Waals surface area contributed by atoms with Crippen molar-refractivity contribution in [1.82, 2.24) is 5.06 Å². The summed E-state index contributed by atoms with van der Waals surface area (Å²) >= 11 is 0. The number of carbonyl (C=O) groups excluding carboxylic acids is 1. The molecule has 0 unspecified atom stereocenters. The number of hydrogen-bond donors (Lipinski definition) is 0. The molecule has 0 aliphatic carbocycles. The topological polar surface area (TPSA) is 29.5 Å². The number of hydroxylamine groups is 2. The molecule has 0 bridgehead atoms. The highest BCUT2D eigenvalue weighted by Crippen LogP contribution is 2.14. The van der Waals surface area contributed by atoms with Crippen LogP contribution < -0.4 is 0 Å². The van der Waals surface area contributed by atoms with Crippen molar-refractivity contribution in [3.63, 3.8) is 0 Å². The van der Waals surface area contributed by atoms with Crippen LogP contribution in [0.25, 0.3) is 0 Å². The van der Waals surface area contributed by atoms with E-state index in [0.29, 0.717) is 13.2 Å². The van der Waals surface area contributed by atoms with E-state index in [9.17, 15) is 4.79 Å². The molecule has 0 radical (unpaired) electrons. The molecule has 1 aliphatic rings. The van der Waals surface area contributed by atoms with E-state index in [-0.39, 0.29) is 5.91 Å². The van der Waals surface area contributed by atoms with Gasteiger partial charge < -0.3 is 0 Å². The standard InChI is InChI=1S/C12H15NO2/c1-9-6-10(2)8-11(7-9)12(14)13-4-3-5-15-13/h6-8H,3-5H2,1-2H3. The first kappa shape index (κ1) is 10.2. The van der Waals surface area contributed by atoms with Gasteiger partial charge in [0.1, 0.15) is 0 Å². The monoisotopic (exact) mass is 205 g/mol. The zero-order valence-electron chi connectivity index (χ0n) is 9.12. The predicted molar refractivity (Wildman–Crippen MR) is 57.5 cm³/mol. The van der Waals surface area contributed by atoms with Crippen LogP contribution in [-0.4, -0.2) is 24.1 Å². The second-order valence-electron chi connectivity index (χ2n) is 3.97. The van der Waals surface area contributed by atoms with Gasteiger partial charge in [0, 0.05) is 5.56 Å². The summed E-state index contributed by atoms with van der Waals surface area (Å²) in [6, 6.07) is 5.86. The number of aryl methyl sites for hydroxylation is 2. The first-order valence-electron chi connectivity index (χ1n) is 5.20. The summed E-state index contributed by atoms with van der Waals surface area (Å²) in [4.78, 5) is 17.2. The first-order valence-corrected chi connectivity index (χ1v) is 5.20. The Morgan fingerprint density at radius 2 is 1.93 bits per heavy atom. The van der Waals surface area contributed by atoms with Gasteiger partial charge in [0.2, 0.25) is 0 Å². The molecule has 0 aromatic heterocycles. The van der Waals surface area contributed by atoms with Crippen molar-refractivity contribution in [2.75, 3.05) is 13.2 Å². The molecule has 3 nitrogen and oxygen atoms in total. The van der Waals surface area contributed by atoms with Gasteiger partial charge in [-0.2, -0.15) is 0 Å². The first-order chi connectivity index (χ1) is 7.16. The molecule has 1 fully saturated rings. The minimum Gasteiger partial charge on any atom is -0.271 e. The smallest absolute Gasteiger partial charge is 0.271 e. The molecule has 1 amide bonds. The summed E-state index contributed by atoms with van der Waals surface area (Å²) in [6.45, 7) is 5.34. The summed E-state index contributed by atoms with van der Waals surface area (Å²) in [5.41, 5.74) is 2.93. The molecule has 0 saturated carbocycles. The van der Waals surface area contributed by atoms with Crippen molar-refractivity contribution in [2.24, 2.45) is 0 Å². The van der Waals surface area contributed by atoms with E-state index in [1.807, 2.05) is 26.0 Å². The molecule has 1 aromatic rings. The molecule has 1 heterocycles. The average molecular weight is 205 g/mol. The molecular weight excluding hydrogens is 190 g/mol. The van der Waals surface area contributed by atoms with Crippen molar-refractivity contribution >= 4 is 5.91 Å². The zero-order valence-corrected chi connectivity index (χ0v) is 9.12. The van der Waals surface area contributed by atoms with Crippen molar-refractivity contribution < 1.29 is 9.63 Å². The van der Waals surface area contributed by atoms with E-state index in [1.165, 1.54) is 5.06 Å². The second kappa shape index (κ2) is 4.03. The van der Waals surface area contributed by atoms with Gasteiger partial charge in [-0.1, -0.05) is 17.2 Å². The third kappa shape index (κ3) is 2.18. The summed E-state index contributed by atoms with van der Waals surface area (Å²) in [6.07, 6.45) is 0.927. The van der Waals surface area contributed by atoms with Gasteiger partial charge in [0.05, 0.1) is 13.2 Å². The lowest BCUT2D eigenvalue weighted by Gasteiger charge is -2.14. The predicted octanol–water partition coefficient (Wildman–Crippen LogP) is 2.08. The molecule has 0 atom stereocenters. The molecule has 15 heavy (non-hydrogen) atoms. The Morgan fingerprint density at radius 3 is 2.47 bits per heavy atom. The molecule has 1 saturated heterocycles. The summed E-state index contributed by atoms with van der Waals surface area (Å²) in [5, 5.41) is 1.45. The molecule has 1 aliphatic heterocycles. The van der Waals surface area contributed by atoms with Crippen LogP contribution in [0.4, 0.5) is 0 Å². The van der Waals surface area contributed by atoms with Crippen LogP contribution in [0.5, 0.6) is 0 Å². The molecule has 0 N–H and O–H groups in total. The highest BCUT2D eigenvalue weighted by Gasteiger charge is 2.20. The largest absolute Gasteiger partial charge is 0.277 e. The maximum absolute atomic E-state index is 12.0. The fourth-order valence-electron chi connectivity index (χ4n) is 1.85. The number of carbonyl (C=O) groups is 1.